The number of aryl methyl sites for hydroxylation is 1. The predicted molar refractivity (Wildman–Crippen MR) is 90.3 cm³/mol. The number of ether oxygens (including phenoxy) is 1. The Morgan fingerprint density at radius 1 is 1.26 bits per heavy atom. The zero-order valence-corrected chi connectivity index (χ0v) is 14.9. The Morgan fingerprint density at radius 2 is 1.91 bits per heavy atom. The van der Waals surface area contributed by atoms with Crippen molar-refractivity contribution in [3.63, 3.8) is 0 Å². The highest BCUT2D eigenvalue weighted by Gasteiger charge is 2.28. The fourth-order valence-corrected chi connectivity index (χ4v) is 4.36. The van der Waals surface area contributed by atoms with Gasteiger partial charge in [0.15, 0.2) is 0 Å². The van der Waals surface area contributed by atoms with Gasteiger partial charge < -0.3 is 9.30 Å². The van der Waals surface area contributed by atoms with Crippen molar-refractivity contribution in [2.24, 2.45) is 7.05 Å². The molecule has 0 atom stereocenters. The molecule has 1 aromatic rings. The van der Waals surface area contributed by atoms with Crippen molar-refractivity contribution in [1.82, 2.24) is 8.87 Å². The molecule has 1 saturated heterocycles. The number of aromatic nitrogens is 1. The number of unbranched alkanes of at least 4 members (excludes halogenated alkanes) is 1. The van der Waals surface area contributed by atoms with Gasteiger partial charge >= 0.3 is 0 Å². The van der Waals surface area contributed by atoms with Gasteiger partial charge in [-0.2, -0.15) is 0 Å². The molecule has 2 rings (SSSR count). The second-order valence-corrected chi connectivity index (χ2v) is 8.20. The quantitative estimate of drug-likeness (QED) is 0.788. The summed E-state index contributed by atoms with van der Waals surface area (Å²) >= 11 is 0. The van der Waals surface area contributed by atoms with Crippen molar-refractivity contribution in [3.05, 3.63) is 28.2 Å². The maximum Gasteiger partial charge on any atom is 0.254 e. The van der Waals surface area contributed by atoms with Gasteiger partial charge in [-0.15, -0.1) is 0 Å². The largest absolute Gasteiger partial charge is 0.490 e. The van der Waals surface area contributed by atoms with Gasteiger partial charge in [0, 0.05) is 31.9 Å². The van der Waals surface area contributed by atoms with Gasteiger partial charge in [0.1, 0.15) is 11.9 Å². The monoisotopic (exact) mass is 342 g/mol. The van der Waals surface area contributed by atoms with Crippen LogP contribution in [0.4, 0.5) is 0 Å². The minimum absolute atomic E-state index is 0.0425. The molecule has 0 radical (unpaired) electrons. The zero-order chi connectivity index (χ0) is 17.0. The molecule has 1 aromatic heterocycles. The first-order chi connectivity index (χ1) is 10.8. The topological polar surface area (TPSA) is 68.6 Å². The summed E-state index contributed by atoms with van der Waals surface area (Å²) in [7, 11) is -1.41. The summed E-state index contributed by atoms with van der Waals surface area (Å²) in [6.45, 7) is 4.82. The molecule has 0 bridgehead atoms. The Kier molecular flexibility index (Phi) is 5.86. The highest BCUT2D eigenvalue weighted by Crippen LogP contribution is 2.20. The van der Waals surface area contributed by atoms with E-state index < -0.39 is 10.0 Å². The maximum atomic E-state index is 12.2. The number of hydrogen-bond acceptors (Lipinski definition) is 4. The Morgan fingerprint density at radius 3 is 2.48 bits per heavy atom. The first-order valence-corrected chi connectivity index (χ1v) is 9.76. The molecule has 23 heavy (non-hydrogen) atoms. The fourth-order valence-electron chi connectivity index (χ4n) is 2.68. The fraction of sp³-hybridized carbons (Fsp3) is 0.688. The molecule has 0 spiro atoms. The van der Waals surface area contributed by atoms with E-state index in [2.05, 4.69) is 0 Å². The highest BCUT2D eigenvalue weighted by molar-refractivity contribution is 7.89. The van der Waals surface area contributed by atoms with Gasteiger partial charge in [-0.3, -0.25) is 4.79 Å². The van der Waals surface area contributed by atoms with Crippen molar-refractivity contribution in [2.45, 2.75) is 45.6 Å². The average Bonchev–Trinajstić information content (AvgIpc) is 2.51. The molecule has 1 aliphatic rings. The van der Waals surface area contributed by atoms with Gasteiger partial charge in [-0.1, -0.05) is 13.3 Å². The lowest BCUT2D eigenvalue weighted by molar-refractivity contribution is 0.134. The molecule has 130 valence electrons. The third kappa shape index (κ3) is 4.57. The van der Waals surface area contributed by atoms with Gasteiger partial charge in [0.05, 0.1) is 5.75 Å². The lowest BCUT2D eigenvalue weighted by Gasteiger charge is -2.31. The molecule has 1 fully saturated rings. The van der Waals surface area contributed by atoms with Crippen LogP contribution in [0.5, 0.6) is 5.75 Å². The molecular formula is C16H26N2O4S. The lowest BCUT2D eigenvalue weighted by Crippen LogP contribution is -2.42. The summed E-state index contributed by atoms with van der Waals surface area (Å²) in [6, 6.07) is 3.32. The molecule has 0 saturated carbocycles. The molecule has 0 aromatic carbocycles. The van der Waals surface area contributed by atoms with Crippen LogP contribution >= 0.6 is 0 Å². The molecule has 7 heteroatoms. The maximum absolute atomic E-state index is 12.2. The van der Waals surface area contributed by atoms with Crippen molar-refractivity contribution >= 4 is 10.0 Å². The summed E-state index contributed by atoms with van der Waals surface area (Å²) < 4.78 is 33.4. The van der Waals surface area contributed by atoms with Crippen molar-refractivity contribution in [3.8, 4) is 5.75 Å². The van der Waals surface area contributed by atoms with Gasteiger partial charge in [-0.25, -0.2) is 12.7 Å². The molecule has 0 unspecified atom stereocenters. The molecule has 1 aliphatic heterocycles. The Balaban J connectivity index is 1.94. The normalized spacial score (nSPS) is 17.3. The molecule has 0 amide bonds. The van der Waals surface area contributed by atoms with Crippen LogP contribution in [0.3, 0.4) is 0 Å². The van der Waals surface area contributed by atoms with Crippen LogP contribution in [0, 0.1) is 6.92 Å². The highest BCUT2D eigenvalue weighted by atomic mass is 32.2. The number of piperidine rings is 1. The van der Waals surface area contributed by atoms with E-state index in [1.54, 1.807) is 15.9 Å². The predicted octanol–water partition coefficient (Wildman–Crippen LogP) is 1.67. The molecule has 2 heterocycles. The van der Waals surface area contributed by atoms with E-state index in [1.165, 1.54) is 6.07 Å². The summed E-state index contributed by atoms with van der Waals surface area (Å²) in [5, 5.41) is 0. The summed E-state index contributed by atoms with van der Waals surface area (Å²) in [5.74, 6) is 0.793. The average molecular weight is 342 g/mol. The SMILES string of the molecule is CCCCS(=O)(=O)N1CCC(Oc2cc(C)n(C)c(=O)c2)CC1. The Labute approximate surface area is 138 Å². The molecule has 0 aliphatic carbocycles. The molecular weight excluding hydrogens is 316 g/mol. The zero-order valence-electron chi connectivity index (χ0n) is 14.1. The van der Waals surface area contributed by atoms with E-state index in [9.17, 15) is 13.2 Å². The second-order valence-electron chi connectivity index (χ2n) is 6.12. The van der Waals surface area contributed by atoms with Crippen LogP contribution in [-0.4, -0.2) is 42.2 Å². The van der Waals surface area contributed by atoms with Crippen LogP contribution in [0.15, 0.2) is 16.9 Å². The van der Waals surface area contributed by atoms with Gasteiger partial charge in [-0.05, 0) is 32.3 Å². The van der Waals surface area contributed by atoms with Crippen LogP contribution in [0.2, 0.25) is 0 Å². The van der Waals surface area contributed by atoms with Crippen molar-refractivity contribution < 1.29 is 13.2 Å². The number of hydrogen-bond donors (Lipinski definition) is 0. The van der Waals surface area contributed by atoms with Crippen molar-refractivity contribution in [1.29, 1.82) is 0 Å². The Hall–Kier alpha value is -1.34. The first-order valence-electron chi connectivity index (χ1n) is 8.15. The number of nitrogens with zero attached hydrogens (tertiary/aromatic N) is 2. The minimum Gasteiger partial charge on any atom is -0.490 e. The molecule has 0 N–H and O–H groups in total. The van der Waals surface area contributed by atoms with Crippen molar-refractivity contribution in [2.75, 3.05) is 18.8 Å². The second kappa shape index (κ2) is 7.49. The van der Waals surface area contributed by atoms with E-state index in [1.807, 2.05) is 19.9 Å². The van der Waals surface area contributed by atoms with Gasteiger partial charge in [0.2, 0.25) is 10.0 Å². The smallest absolute Gasteiger partial charge is 0.254 e. The minimum atomic E-state index is -3.14. The van der Waals surface area contributed by atoms with Crippen LogP contribution in [-0.2, 0) is 17.1 Å². The van der Waals surface area contributed by atoms with E-state index in [0.29, 0.717) is 38.1 Å². The standard InChI is InChI=1S/C16H26N2O4S/c1-4-5-10-23(20,21)18-8-6-14(7-9-18)22-15-11-13(2)17(3)16(19)12-15/h11-12,14H,4-10H2,1-3H3. The number of rotatable bonds is 6. The van der Waals surface area contributed by atoms with Gasteiger partial charge in [0.25, 0.3) is 5.56 Å². The van der Waals surface area contributed by atoms with E-state index in [4.69, 9.17) is 4.74 Å². The number of sulfonamides is 1. The van der Waals surface area contributed by atoms with Crippen LogP contribution < -0.4 is 10.3 Å². The third-order valence-electron chi connectivity index (χ3n) is 4.33. The van der Waals surface area contributed by atoms with Crippen LogP contribution in [0.25, 0.3) is 0 Å². The lowest BCUT2D eigenvalue weighted by atomic mass is 10.1. The molecule has 6 nitrogen and oxygen atoms in total. The van der Waals surface area contributed by atoms with Crippen LogP contribution in [0.1, 0.15) is 38.3 Å². The Bertz CT molecular complexity index is 689. The number of pyridine rings is 1. The van der Waals surface area contributed by atoms with E-state index >= 15 is 0 Å². The first kappa shape index (κ1) is 18.0. The summed E-state index contributed by atoms with van der Waals surface area (Å²) in [4.78, 5) is 11.8. The van der Waals surface area contributed by atoms with E-state index in [0.717, 1.165) is 12.1 Å². The summed E-state index contributed by atoms with van der Waals surface area (Å²) in [5.41, 5.74) is 0.742. The summed E-state index contributed by atoms with van der Waals surface area (Å²) in [6.07, 6.45) is 2.84. The third-order valence-corrected chi connectivity index (χ3v) is 6.29. The van der Waals surface area contributed by atoms with E-state index in [-0.39, 0.29) is 17.4 Å².